The van der Waals surface area contributed by atoms with Gasteiger partial charge in [-0.1, -0.05) is 25.1 Å². The molecule has 0 atom stereocenters. The molecule has 0 unspecified atom stereocenters. The van der Waals surface area contributed by atoms with Crippen molar-refractivity contribution in [2.75, 3.05) is 49.3 Å². The Bertz CT molecular complexity index is 1620. The van der Waals surface area contributed by atoms with Crippen LogP contribution in [0.15, 0.2) is 60.9 Å². The van der Waals surface area contributed by atoms with Crippen LogP contribution in [0.1, 0.15) is 20.3 Å². The minimum atomic E-state index is -0.0284. The van der Waals surface area contributed by atoms with E-state index in [2.05, 4.69) is 69.3 Å². The highest BCUT2D eigenvalue weighted by atomic mass is 16.1. The molecule has 0 saturated carbocycles. The first kappa shape index (κ1) is 26.2. The summed E-state index contributed by atoms with van der Waals surface area (Å²) in [6.45, 7) is 6.58. The molecule has 3 aromatic heterocycles. The summed E-state index contributed by atoms with van der Waals surface area (Å²) in [7, 11) is 6.18. The molecule has 0 aliphatic rings. The van der Waals surface area contributed by atoms with Gasteiger partial charge >= 0.3 is 0 Å². The lowest BCUT2D eigenvalue weighted by Crippen LogP contribution is -2.32. The third-order valence-electron chi connectivity index (χ3n) is 6.96. The number of hydrogen-bond acceptors (Lipinski definition) is 6. The zero-order chi connectivity index (χ0) is 27.5. The summed E-state index contributed by atoms with van der Waals surface area (Å²) in [6.07, 6.45) is 4.41. The van der Waals surface area contributed by atoms with E-state index >= 15 is 0 Å². The first-order valence-corrected chi connectivity index (χ1v) is 13.4. The zero-order valence-corrected chi connectivity index (χ0v) is 23.2. The quantitative estimate of drug-likeness (QED) is 0.220. The number of H-pyrrole nitrogens is 1. The smallest absolute Gasteiger partial charge is 0.229 e. The predicted molar refractivity (Wildman–Crippen MR) is 161 cm³/mol. The number of aromatic nitrogens is 4. The molecule has 0 aliphatic heterocycles. The van der Waals surface area contributed by atoms with Crippen LogP contribution in [-0.4, -0.2) is 64.1 Å². The lowest BCUT2D eigenvalue weighted by molar-refractivity contribution is -0.115. The molecule has 202 valence electrons. The van der Waals surface area contributed by atoms with Gasteiger partial charge in [0.25, 0.3) is 0 Å². The van der Waals surface area contributed by atoms with Gasteiger partial charge in [-0.25, -0.2) is 4.98 Å². The van der Waals surface area contributed by atoms with Crippen LogP contribution >= 0.6 is 0 Å². The largest absolute Gasteiger partial charge is 0.369 e. The van der Waals surface area contributed by atoms with Crippen LogP contribution in [0.4, 0.5) is 23.0 Å². The summed E-state index contributed by atoms with van der Waals surface area (Å²) in [6, 6.07) is 16.4. The Morgan fingerprint density at radius 1 is 1.03 bits per heavy atom. The number of carbonyl (C=O) groups is 1. The van der Waals surface area contributed by atoms with Crippen molar-refractivity contribution in [1.82, 2.24) is 24.4 Å². The van der Waals surface area contributed by atoms with Gasteiger partial charge in [-0.15, -0.1) is 0 Å². The fourth-order valence-electron chi connectivity index (χ4n) is 4.86. The number of benzene rings is 2. The third-order valence-corrected chi connectivity index (χ3v) is 6.96. The number of aryl methyl sites for hydroxylation is 1. The Labute approximate surface area is 228 Å². The molecule has 0 radical (unpaired) electrons. The second-order valence-corrected chi connectivity index (χ2v) is 9.95. The summed E-state index contributed by atoms with van der Waals surface area (Å²) in [4.78, 5) is 29.8. The maximum Gasteiger partial charge on any atom is 0.229 e. The number of anilines is 4. The maximum absolute atomic E-state index is 12.4. The lowest BCUT2D eigenvalue weighted by atomic mass is 10.1. The molecule has 2 aromatic carbocycles. The highest BCUT2D eigenvalue weighted by Gasteiger charge is 2.17. The Morgan fingerprint density at radius 3 is 2.62 bits per heavy atom. The molecule has 9 nitrogen and oxygen atoms in total. The van der Waals surface area contributed by atoms with Gasteiger partial charge in [-0.3, -0.25) is 4.79 Å². The van der Waals surface area contributed by atoms with Crippen molar-refractivity contribution in [2.45, 2.75) is 20.3 Å². The van der Waals surface area contributed by atoms with Crippen LogP contribution < -0.4 is 15.5 Å². The molecule has 0 spiro atoms. The van der Waals surface area contributed by atoms with Crippen LogP contribution in [0.5, 0.6) is 0 Å². The van der Waals surface area contributed by atoms with Gasteiger partial charge in [-0.2, -0.15) is 4.98 Å². The van der Waals surface area contributed by atoms with Crippen LogP contribution in [0.3, 0.4) is 0 Å². The average Bonchev–Trinajstić information content (AvgIpc) is 3.54. The van der Waals surface area contributed by atoms with E-state index < -0.39 is 0 Å². The molecule has 1 amide bonds. The van der Waals surface area contributed by atoms with E-state index in [4.69, 9.17) is 9.97 Å². The summed E-state index contributed by atoms with van der Waals surface area (Å²) < 4.78 is 2.12. The molecular weight excluding hydrogens is 488 g/mol. The Kier molecular flexibility index (Phi) is 7.51. The highest BCUT2D eigenvalue weighted by molar-refractivity contribution is 6.03. The van der Waals surface area contributed by atoms with E-state index in [-0.39, 0.29) is 5.91 Å². The van der Waals surface area contributed by atoms with Crippen molar-refractivity contribution in [3.8, 4) is 11.3 Å². The fourth-order valence-corrected chi connectivity index (χ4v) is 4.86. The summed E-state index contributed by atoms with van der Waals surface area (Å²) >= 11 is 0. The van der Waals surface area contributed by atoms with Crippen molar-refractivity contribution >= 4 is 50.9 Å². The van der Waals surface area contributed by atoms with E-state index in [0.717, 1.165) is 69.9 Å². The van der Waals surface area contributed by atoms with E-state index in [1.165, 1.54) is 0 Å². The third kappa shape index (κ3) is 5.44. The van der Waals surface area contributed by atoms with Gasteiger partial charge < -0.3 is 30.0 Å². The van der Waals surface area contributed by atoms with E-state index in [0.29, 0.717) is 12.4 Å². The predicted octanol–water partition coefficient (Wildman–Crippen LogP) is 5.60. The number of nitrogens with one attached hydrogen (secondary N) is 3. The zero-order valence-electron chi connectivity index (χ0n) is 23.2. The SMILES string of the molecule is CCC(=O)Nc1cc(Nc2nc(-c3cn(C)c4ccccc34)c3cc[nH]c3n2)ccc1N(CC)CCN(C)C. The van der Waals surface area contributed by atoms with Gasteiger partial charge in [0.05, 0.1) is 17.1 Å². The summed E-state index contributed by atoms with van der Waals surface area (Å²) in [5.41, 5.74) is 6.36. The lowest BCUT2D eigenvalue weighted by Gasteiger charge is -2.27. The summed E-state index contributed by atoms with van der Waals surface area (Å²) in [5, 5.41) is 8.58. The summed E-state index contributed by atoms with van der Waals surface area (Å²) in [5.74, 6) is 0.452. The normalized spacial score (nSPS) is 11.4. The number of aromatic amines is 1. The van der Waals surface area contributed by atoms with Crippen molar-refractivity contribution in [2.24, 2.45) is 7.05 Å². The molecule has 0 saturated heterocycles. The molecule has 9 heteroatoms. The number of amides is 1. The van der Waals surface area contributed by atoms with E-state index in [1.54, 1.807) is 0 Å². The minimum Gasteiger partial charge on any atom is -0.369 e. The topological polar surface area (TPSA) is 94.1 Å². The van der Waals surface area contributed by atoms with Crippen LogP contribution in [0.2, 0.25) is 0 Å². The first-order chi connectivity index (χ1) is 18.9. The molecule has 5 aromatic rings. The van der Waals surface area contributed by atoms with E-state index in [9.17, 15) is 4.79 Å². The van der Waals surface area contributed by atoms with Gasteiger partial charge in [0.2, 0.25) is 11.9 Å². The molecule has 5 rings (SSSR count). The average molecular weight is 525 g/mol. The Morgan fingerprint density at radius 2 is 1.85 bits per heavy atom. The van der Waals surface area contributed by atoms with E-state index in [1.807, 2.05) is 56.6 Å². The molecule has 39 heavy (non-hydrogen) atoms. The van der Waals surface area contributed by atoms with Crippen LogP contribution in [0, 0.1) is 0 Å². The van der Waals surface area contributed by atoms with Gasteiger partial charge in [0, 0.05) is 73.0 Å². The van der Waals surface area contributed by atoms with Gasteiger partial charge in [0.1, 0.15) is 5.65 Å². The number of hydrogen-bond donors (Lipinski definition) is 3. The molecule has 0 fully saturated rings. The number of fused-ring (bicyclic) bond motifs is 2. The molecule has 3 heterocycles. The number of rotatable bonds is 10. The number of nitrogens with zero attached hydrogens (tertiary/aromatic N) is 5. The van der Waals surface area contributed by atoms with Crippen molar-refractivity contribution in [3.63, 3.8) is 0 Å². The van der Waals surface area contributed by atoms with Crippen molar-refractivity contribution < 1.29 is 4.79 Å². The highest BCUT2D eigenvalue weighted by Crippen LogP contribution is 2.35. The fraction of sp³-hybridized carbons (Fsp3) is 0.300. The second kappa shape index (κ2) is 11.2. The van der Waals surface area contributed by atoms with Gasteiger partial charge in [0.15, 0.2) is 0 Å². The molecule has 0 bridgehead atoms. The first-order valence-electron chi connectivity index (χ1n) is 13.4. The number of para-hydroxylation sites is 1. The second-order valence-electron chi connectivity index (χ2n) is 9.95. The maximum atomic E-state index is 12.4. The minimum absolute atomic E-state index is 0.0284. The number of carbonyl (C=O) groups excluding carboxylic acids is 1. The van der Waals surface area contributed by atoms with Crippen molar-refractivity contribution in [1.29, 1.82) is 0 Å². The monoisotopic (exact) mass is 524 g/mol. The Hall–Kier alpha value is -4.37. The standard InChI is InChI=1S/C30H36N8O/c1-6-27(39)33-24-18-20(12-13-26(24)38(7-2)17-16-36(3)4)32-30-34-28(22-14-15-31-29(22)35-30)23-19-37(5)25-11-9-8-10-21(23)25/h8-15,18-19H,6-7,16-17H2,1-5H3,(H,33,39)(H2,31,32,34,35). The molecular formula is C30H36N8O. The van der Waals surface area contributed by atoms with Crippen LogP contribution in [-0.2, 0) is 11.8 Å². The molecule has 3 N–H and O–H groups in total. The number of likely N-dealkylation sites (N-methyl/N-ethyl adjacent to an activating group) is 2. The van der Waals surface area contributed by atoms with Gasteiger partial charge in [-0.05, 0) is 51.4 Å². The molecule has 0 aliphatic carbocycles. The van der Waals surface area contributed by atoms with Crippen molar-refractivity contribution in [3.05, 3.63) is 60.9 Å². The Balaban J connectivity index is 1.53. The van der Waals surface area contributed by atoms with Crippen LogP contribution in [0.25, 0.3) is 33.2 Å².